The van der Waals surface area contributed by atoms with Gasteiger partial charge in [0.05, 0.1) is 0 Å². The summed E-state index contributed by atoms with van der Waals surface area (Å²) in [6.45, 7) is 4.42. The van der Waals surface area contributed by atoms with Gasteiger partial charge in [0, 0.05) is 5.54 Å². The highest BCUT2D eigenvalue weighted by Crippen LogP contribution is 2.46. The van der Waals surface area contributed by atoms with Crippen LogP contribution in [0.25, 0.3) is 0 Å². The molecule has 1 aliphatic rings. The summed E-state index contributed by atoms with van der Waals surface area (Å²) in [5, 5.41) is 0. The van der Waals surface area contributed by atoms with Gasteiger partial charge in [-0.2, -0.15) is 0 Å². The van der Waals surface area contributed by atoms with E-state index >= 15 is 0 Å². The molecule has 0 spiro atoms. The Kier molecular flexibility index (Phi) is 2.83. The predicted molar refractivity (Wildman–Crippen MR) is 64.7 cm³/mol. The van der Waals surface area contributed by atoms with Gasteiger partial charge in [-0.05, 0) is 36.8 Å². The summed E-state index contributed by atoms with van der Waals surface area (Å²) in [5.41, 5.74) is 9.12. The highest BCUT2D eigenvalue weighted by molar-refractivity contribution is 5.34. The fourth-order valence-electron chi connectivity index (χ4n) is 2.93. The highest BCUT2D eigenvalue weighted by Gasteiger charge is 2.42. The van der Waals surface area contributed by atoms with E-state index in [-0.39, 0.29) is 5.54 Å². The first-order valence-corrected chi connectivity index (χ1v) is 6.00. The Balaban J connectivity index is 2.10. The quantitative estimate of drug-likeness (QED) is 0.801. The average molecular weight is 203 g/mol. The van der Waals surface area contributed by atoms with Crippen LogP contribution in [0.3, 0.4) is 0 Å². The molecule has 0 bridgehead atoms. The van der Waals surface area contributed by atoms with Gasteiger partial charge in [-0.3, -0.25) is 0 Å². The first kappa shape index (κ1) is 10.7. The van der Waals surface area contributed by atoms with Crippen LogP contribution >= 0.6 is 0 Å². The first-order chi connectivity index (χ1) is 7.15. The fourth-order valence-corrected chi connectivity index (χ4v) is 2.93. The maximum Gasteiger partial charge on any atom is 0.0417 e. The van der Waals surface area contributed by atoms with E-state index in [2.05, 4.69) is 38.1 Å². The van der Waals surface area contributed by atoms with Crippen LogP contribution in [0.2, 0.25) is 0 Å². The van der Waals surface area contributed by atoms with Gasteiger partial charge < -0.3 is 5.73 Å². The second-order valence-corrected chi connectivity index (χ2v) is 5.03. The molecule has 0 aromatic heterocycles. The van der Waals surface area contributed by atoms with E-state index in [1.807, 2.05) is 0 Å². The number of benzene rings is 1. The summed E-state index contributed by atoms with van der Waals surface area (Å²) < 4.78 is 0. The summed E-state index contributed by atoms with van der Waals surface area (Å²) >= 11 is 0. The Labute approximate surface area is 92.7 Å². The van der Waals surface area contributed by atoms with Gasteiger partial charge >= 0.3 is 0 Å². The van der Waals surface area contributed by atoms with Crippen molar-refractivity contribution in [2.24, 2.45) is 11.7 Å². The minimum atomic E-state index is -0.0226. The van der Waals surface area contributed by atoms with Gasteiger partial charge in [0.1, 0.15) is 0 Å². The molecule has 1 fully saturated rings. The lowest BCUT2D eigenvalue weighted by atomic mass is 9.63. The topological polar surface area (TPSA) is 26.0 Å². The molecule has 2 rings (SSSR count). The molecule has 0 heterocycles. The van der Waals surface area contributed by atoms with E-state index < -0.39 is 0 Å². The maximum atomic E-state index is 6.45. The standard InChI is InChI=1S/C14H21N/c1-3-6-12-9-14(15,10-12)13-8-5-4-7-11(13)2/h4-5,7-8,12H,3,6,9-10,15H2,1-2H3. The number of nitrogens with two attached hydrogens (primary N) is 1. The zero-order valence-electron chi connectivity index (χ0n) is 9.79. The molecule has 1 aromatic carbocycles. The average Bonchev–Trinajstić information content (AvgIpc) is 2.16. The molecule has 1 nitrogen and oxygen atoms in total. The molecule has 1 aliphatic carbocycles. The lowest BCUT2D eigenvalue weighted by Crippen LogP contribution is -2.49. The molecule has 1 saturated carbocycles. The van der Waals surface area contributed by atoms with Crippen LogP contribution in [0.15, 0.2) is 24.3 Å². The second-order valence-electron chi connectivity index (χ2n) is 5.03. The fraction of sp³-hybridized carbons (Fsp3) is 0.571. The van der Waals surface area contributed by atoms with Gasteiger partial charge in [-0.15, -0.1) is 0 Å². The summed E-state index contributed by atoms with van der Waals surface area (Å²) in [6, 6.07) is 8.54. The molecule has 0 atom stereocenters. The number of hydrogen-bond donors (Lipinski definition) is 1. The zero-order valence-corrected chi connectivity index (χ0v) is 9.79. The second kappa shape index (κ2) is 3.97. The van der Waals surface area contributed by atoms with Gasteiger partial charge in [-0.1, -0.05) is 44.0 Å². The van der Waals surface area contributed by atoms with Gasteiger partial charge in [0.15, 0.2) is 0 Å². The van der Waals surface area contributed by atoms with Gasteiger partial charge in [0.25, 0.3) is 0 Å². The van der Waals surface area contributed by atoms with E-state index in [0.717, 1.165) is 5.92 Å². The number of aryl methyl sites for hydroxylation is 1. The van der Waals surface area contributed by atoms with E-state index in [1.54, 1.807) is 0 Å². The van der Waals surface area contributed by atoms with E-state index in [0.29, 0.717) is 0 Å². The smallest absolute Gasteiger partial charge is 0.0417 e. The lowest BCUT2D eigenvalue weighted by Gasteiger charge is -2.46. The van der Waals surface area contributed by atoms with Crippen LogP contribution < -0.4 is 5.73 Å². The van der Waals surface area contributed by atoms with Crippen molar-refractivity contribution in [2.45, 2.75) is 45.1 Å². The van der Waals surface area contributed by atoms with Crippen LogP contribution in [0, 0.1) is 12.8 Å². The molecular formula is C14H21N. The van der Waals surface area contributed by atoms with Crippen molar-refractivity contribution in [2.75, 3.05) is 0 Å². The van der Waals surface area contributed by atoms with E-state index in [1.165, 1.54) is 36.8 Å². The van der Waals surface area contributed by atoms with Crippen molar-refractivity contribution in [1.82, 2.24) is 0 Å². The maximum absolute atomic E-state index is 6.45. The molecule has 2 N–H and O–H groups in total. The molecular weight excluding hydrogens is 182 g/mol. The van der Waals surface area contributed by atoms with Crippen molar-refractivity contribution in [1.29, 1.82) is 0 Å². The summed E-state index contributed by atoms with van der Waals surface area (Å²) in [7, 11) is 0. The van der Waals surface area contributed by atoms with Gasteiger partial charge in [0.2, 0.25) is 0 Å². The Hall–Kier alpha value is -0.820. The lowest BCUT2D eigenvalue weighted by molar-refractivity contribution is 0.137. The molecule has 1 aromatic rings. The van der Waals surface area contributed by atoms with Crippen molar-refractivity contribution in [3.8, 4) is 0 Å². The van der Waals surface area contributed by atoms with Crippen LogP contribution in [0.1, 0.15) is 43.7 Å². The highest BCUT2D eigenvalue weighted by atomic mass is 14.8. The van der Waals surface area contributed by atoms with Crippen molar-refractivity contribution in [3.63, 3.8) is 0 Å². The Morgan fingerprint density at radius 3 is 2.60 bits per heavy atom. The van der Waals surface area contributed by atoms with Crippen LogP contribution in [0.5, 0.6) is 0 Å². The summed E-state index contributed by atoms with van der Waals surface area (Å²) in [6.07, 6.45) is 4.97. The zero-order chi connectivity index (χ0) is 10.9. The van der Waals surface area contributed by atoms with Crippen molar-refractivity contribution < 1.29 is 0 Å². The Morgan fingerprint density at radius 2 is 2.00 bits per heavy atom. The molecule has 0 aliphatic heterocycles. The molecule has 1 heteroatoms. The van der Waals surface area contributed by atoms with Crippen LogP contribution in [0.4, 0.5) is 0 Å². The summed E-state index contributed by atoms with van der Waals surface area (Å²) in [4.78, 5) is 0. The molecule has 0 amide bonds. The molecule has 0 saturated heterocycles. The van der Waals surface area contributed by atoms with E-state index in [4.69, 9.17) is 5.73 Å². The Morgan fingerprint density at radius 1 is 1.33 bits per heavy atom. The molecule has 15 heavy (non-hydrogen) atoms. The van der Waals surface area contributed by atoms with E-state index in [9.17, 15) is 0 Å². The molecule has 82 valence electrons. The molecule has 0 radical (unpaired) electrons. The third-order valence-corrected chi connectivity index (χ3v) is 3.68. The third kappa shape index (κ3) is 1.93. The molecule has 0 unspecified atom stereocenters. The summed E-state index contributed by atoms with van der Waals surface area (Å²) in [5.74, 6) is 0.861. The van der Waals surface area contributed by atoms with Crippen molar-refractivity contribution in [3.05, 3.63) is 35.4 Å². The monoisotopic (exact) mass is 203 g/mol. The van der Waals surface area contributed by atoms with Crippen molar-refractivity contribution >= 4 is 0 Å². The SMILES string of the molecule is CCCC1CC(N)(c2ccccc2C)C1. The third-order valence-electron chi connectivity index (χ3n) is 3.68. The van der Waals surface area contributed by atoms with Gasteiger partial charge in [-0.25, -0.2) is 0 Å². The first-order valence-electron chi connectivity index (χ1n) is 6.00. The van der Waals surface area contributed by atoms with Crippen LogP contribution in [-0.2, 0) is 5.54 Å². The number of hydrogen-bond acceptors (Lipinski definition) is 1. The number of rotatable bonds is 3. The van der Waals surface area contributed by atoms with Crippen LogP contribution in [-0.4, -0.2) is 0 Å². The Bertz CT molecular complexity index is 337. The normalized spacial score (nSPS) is 29.9. The largest absolute Gasteiger partial charge is 0.321 e. The minimum Gasteiger partial charge on any atom is -0.321 e. The minimum absolute atomic E-state index is 0.0226. The predicted octanol–water partition coefficient (Wildman–Crippen LogP) is 3.36.